The molecule has 0 saturated carbocycles. The molecule has 0 aliphatic rings. The van der Waals surface area contributed by atoms with E-state index in [1.54, 1.807) is 50.7 Å². The maximum atomic E-state index is 12.4. The van der Waals surface area contributed by atoms with Crippen molar-refractivity contribution in [2.75, 3.05) is 7.05 Å². The first-order valence-corrected chi connectivity index (χ1v) is 7.82. The van der Waals surface area contributed by atoms with Crippen molar-refractivity contribution >= 4 is 5.91 Å². The number of nitrogens with one attached hydrogen (secondary N) is 1. The van der Waals surface area contributed by atoms with Crippen LogP contribution in [0.5, 0.6) is 0 Å². The lowest BCUT2D eigenvalue weighted by Gasteiger charge is -2.16. The quantitative estimate of drug-likeness (QED) is 0.767. The predicted molar refractivity (Wildman–Crippen MR) is 91.7 cm³/mol. The van der Waals surface area contributed by atoms with Gasteiger partial charge in [0.2, 0.25) is 5.91 Å². The second-order valence-electron chi connectivity index (χ2n) is 5.70. The SMILES string of the molecule is Cc1nc(-c2ccccn2)[nH]c(=O)c1CC(=O)N(C)Cc1ccco1. The molecule has 0 aromatic carbocycles. The second kappa shape index (κ2) is 7.12. The number of furan rings is 1. The van der Waals surface area contributed by atoms with E-state index in [1.165, 1.54) is 4.90 Å². The molecule has 0 unspecified atom stereocenters. The first-order chi connectivity index (χ1) is 12.0. The van der Waals surface area contributed by atoms with Gasteiger partial charge in [-0.1, -0.05) is 6.07 Å². The van der Waals surface area contributed by atoms with Gasteiger partial charge in [-0.15, -0.1) is 0 Å². The van der Waals surface area contributed by atoms with Crippen molar-refractivity contribution in [3.8, 4) is 11.5 Å². The summed E-state index contributed by atoms with van der Waals surface area (Å²) in [5, 5.41) is 0. The molecule has 3 aromatic heterocycles. The van der Waals surface area contributed by atoms with Crippen LogP contribution in [0.25, 0.3) is 11.5 Å². The minimum atomic E-state index is -0.326. The summed E-state index contributed by atoms with van der Waals surface area (Å²) in [5.41, 5.74) is 1.13. The van der Waals surface area contributed by atoms with E-state index in [0.717, 1.165) is 0 Å². The summed E-state index contributed by atoms with van der Waals surface area (Å²) in [4.78, 5) is 37.6. The zero-order valence-electron chi connectivity index (χ0n) is 14.0. The fourth-order valence-electron chi connectivity index (χ4n) is 2.45. The Morgan fingerprint density at radius 3 is 2.76 bits per heavy atom. The highest BCUT2D eigenvalue weighted by molar-refractivity contribution is 5.78. The van der Waals surface area contributed by atoms with Crippen LogP contribution in [-0.2, 0) is 17.8 Å². The normalized spacial score (nSPS) is 10.6. The van der Waals surface area contributed by atoms with E-state index in [0.29, 0.717) is 35.1 Å². The highest BCUT2D eigenvalue weighted by Crippen LogP contribution is 2.12. The Hall–Kier alpha value is -3.22. The Kier molecular flexibility index (Phi) is 4.74. The van der Waals surface area contributed by atoms with Crippen LogP contribution in [0.15, 0.2) is 52.0 Å². The molecule has 3 heterocycles. The van der Waals surface area contributed by atoms with E-state index in [-0.39, 0.29) is 17.9 Å². The fraction of sp³-hybridized carbons (Fsp3) is 0.222. The smallest absolute Gasteiger partial charge is 0.255 e. The molecule has 1 N–H and O–H groups in total. The Bertz CT molecular complexity index is 917. The van der Waals surface area contributed by atoms with Gasteiger partial charge in [-0.3, -0.25) is 14.6 Å². The number of carbonyl (C=O) groups excluding carboxylic acids is 1. The van der Waals surface area contributed by atoms with Crippen molar-refractivity contribution in [2.24, 2.45) is 0 Å². The molecule has 0 bridgehead atoms. The molecule has 0 aliphatic carbocycles. The van der Waals surface area contributed by atoms with Crippen LogP contribution in [0.1, 0.15) is 17.0 Å². The minimum Gasteiger partial charge on any atom is -0.467 e. The number of hydrogen-bond acceptors (Lipinski definition) is 5. The monoisotopic (exact) mass is 338 g/mol. The summed E-state index contributed by atoms with van der Waals surface area (Å²) in [6.07, 6.45) is 3.17. The number of likely N-dealkylation sites (N-methyl/N-ethyl adjacent to an activating group) is 1. The van der Waals surface area contributed by atoms with Gasteiger partial charge in [0, 0.05) is 24.5 Å². The van der Waals surface area contributed by atoms with Gasteiger partial charge in [-0.05, 0) is 31.2 Å². The number of hydrogen-bond donors (Lipinski definition) is 1. The molecule has 1 amide bonds. The number of rotatable bonds is 5. The number of amides is 1. The predicted octanol–water partition coefficient (Wildman–Crippen LogP) is 1.93. The summed E-state index contributed by atoms with van der Waals surface area (Å²) in [6, 6.07) is 8.93. The van der Waals surface area contributed by atoms with Crippen LogP contribution < -0.4 is 5.56 Å². The molecule has 7 nitrogen and oxygen atoms in total. The van der Waals surface area contributed by atoms with Crippen molar-refractivity contribution in [1.29, 1.82) is 0 Å². The van der Waals surface area contributed by atoms with Crippen molar-refractivity contribution in [1.82, 2.24) is 19.9 Å². The molecule has 0 radical (unpaired) electrons. The zero-order valence-corrected chi connectivity index (χ0v) is 14.0. The lowest BCUT2D eigenvalue weighted by atomic mass is 10.1. The van der Waals surface area contributed by atoms with Crippen LogP contribution in [-0.4, -0.2) is 32.8 Å². The second-order valence-corrected chi connectivity index (χ2v) is 5.70. The Balaban J connectivity index is 1.78. The standard InChI is InChI=1S/C18H18N4O3/c1-12-14(10-16(23)22(2)11-13-6-5-9-25-13)18(24)21-17(20-12)15-7-3-4-8-19-15/h3-9H,10-11H2,1-2H3,(H,20,21,24). The maximum absolute atomic E-state index is 12.4. The molecule has 0 saturated heterocycles. The Labute approximate surface area is 144 Å². The van der Waals surface area contributed by atoms with E-state index < -0.39 is 0 Å². The third kappa shape index (κ3) is 3.82. The molecular weight excluding hydrogens is 320 g/mol. The molecule has 3 aromatic rings. The summed E-state index contributed by atoms with van der Waals surface area (Å²) in [7, 11) is 1.67. The highest BCUT2D eigenvalue weighted by atomic mass is 16.3. The first kappa shape index (κ1) is 16.6. The number of nitrogens with zero attached hydrogens (tertiary/aromatic N) is 3. The lowest BCUT2D eigenvalue weighted by molar-refractivity contribution is -0.129. The van der Waals surface area contributed by atoms with Gasteiger partial charge in [0.1, 0.15) is 11.5 Å². The number of H-pyrrole nitrogens is 1. The van der Waals surface area contributed by atoms with Crippen LogP contribution in [0.2, 0.25) is 0 Å². The van der Waals surface area contributed by atoms with Gasteiger partial charge in [0.05, 0.1) is 19.2 Å². The Morgan fingerprint density at radius 1 is 1.28 bits per heavy atom. The highest BCUT2D eigenvalue weighted by Gasteiger charge is 2.17. The average molecular weight is 338 g/mol. The van der Waals surface area contributed by atoms with Gasteiger partial charge in [0.25, 0.3) is 5.56 Å². The number of aromatic amines is 1. The molecule has 3 rings (SSSR count). The van der Waals surface area contributed by atoms with Crippen LogP contribution in [0.3, 0.4) is 0 Å². The average Bonchev–Trinajstić information content (AvgIpc) is 3.11. The molecule has 7 heteroatoms. The number of aryl methyl sites for hydroxylation is 1. The Morgan fingerprint density at radius 2 is 2.12 bits per heavy atom. The van der Waals surface area contributed by atoms with E-state index >= 15 is 0 Å². The molecule has 0 fully saturated rings. The van der Waals surface area contributed by atoms with Crippen molar-refractivity contribution in [3.05, 3.63) is 70.2 Å². The topological polar surface area (TPSA) is 92.1 Å². The number of carbonyl (C=O) groups is 1. The van der Waals surface area contributed by atoms with Gasteiger partial charge in [0.15, 0.2) is 5.82 Å². The fourth-order valence-corrected chi connectivity index (χ4v) is 2.45. The summed E-state index contributed by atoms with van der Waals surface area (Å²) in [5.74, 6) is 0.894. The minimum absolute atomic E-state index is 0.0200. The lowest BCUT2D eigenvalue weighted by Crippen LogP contribution is -2.30. The molecule has 0 spiro atoms. The van der Waals surface area contributed by atoms with Crippen molar-refractivity contribution in [2.45, 2.75) is 19.9 Å². The van der Waals surface area contributed by atoms with Gasteiger partial charge < -0.3 is 14.3 Å². The molecule has 128 valence electrons. The summed E-state index contributed by atoms with van der Waals surface area (Å²) in [6.45, 7) is 2.07. The van der Waals surface area contributed by atoms with Gasteiger partial charge >= 0.3 is 0 Å². The third-order valence-electron chi connectivity index (χ3n) is 3.86. The van der Waals surface area contributed by atoms with Crippen molar-refractivity contribution < 1.29 is 9.21 Å². The summed E-state index contributed by atoms with van der Waals surface area (Å²) >= 11 is 0. The van der Waals surface area contributed by atoms with E-state index in [9.17, 15) is 9.59 Å². The van der Waals surface area contributed by atoms with Crippen LogP contribution in [0, 0.1) is 6.92 Å². The van der Waals surface area contributed by atoms with Crippen molar-refractivity contribution in [3.63, 3.8) is 0 Å². The van der Waals surface area contributed by atoms with E-state index in [2.05, 4.69) is 15.0 Å². The zero-order chi connectivity index (χ0) is 17.8. The first-order valence-electron chi connectivity index (χ1n) is 7.82. The van der Waals surface area contributed by atoms with Crippen LogP contribution >= 0.6 is 0 Å². The molecule has 0 aliphatic heterocycles. The number of aromatic nitrogens is 3. The maximum Gasteiger partial charge on any atom is 0.255 e. The van der Waals surface area contributed by atoms with E-state index in [1.807, 2.05) is 6.07 Å². The number of pyridine rings is 1. The van der Waals surface area contributed by atoms with Crippen LogP contribution in [0.4, 0.5) is 0 Å². The molecular formula is C18H18N4O3. The summed E-state index contributed by atoms with van der Waals surface area (Å²) < 4.78 is 5.24. The third-order valence-corrected chi connectivity index (χ3v) is 3.86. The van der Waals surface area contributed by atoms with Gasteiger partial charge in [-0.2, -0.15) is 0 Å². The van der Waals surface area contributed by atoms with E-state index in [4.69, 9.17) is 4.42 Å². The largest absolute Gasteiger partial charge is 0.467 e. The molecule has 25 heavy (non-hydrogen) atoms. The molecule has 0 atom stereocenters. The van der Waals surface area contributed by atoms with Gasteiger partial charge in [-0.25, -0.2) is 4.98 Å².